The molecule has 0 saturated carbocycles. The Kier molecular flexibility index (Phi) is 10.3. The third-order valence-electron chi connectivity index (χ3n) is 4.55. The van der Waals surface area contributed by atoms with Crippen molar-refractivity contribution in [3.05, 3.63) is 48.3 Å². The number of ether oxygens (including phenoxy) is 1. The van der Waals surface area contributed by atoms with Gasteiger partial charge in [0.2, 0.25) is 0 Å². The van der Waals surface area contributed by atoms with E-state index in [1.165, 1.54) is 5.56 Å². The number of nitrogens with zero attached hydrogens (tertiary/aromatic N) is 4. The third kappa shape index (κ3) is 7.40. The number of benzene rings is 1. The van der Waals surface area contributed by atoms with Gasteiger partial charge in [0.05, 0.1) is 25.4 Å². The molecule has 1 aliphatic rings. The topological polar surface area (TPSA) is 66.7 Å². The lowest BCUT2D eigenvalue weighted by Crippen LogP contribution is -2.40. The van der Waals surface area contributed by atoms with E-state index in [4.69, 9.17) is 4.74 Å². The predicted octanol–water partition coefficient (Wildman–Crippen LogP) is 1.92. The molecule has 28 heavy (non-hydrogen) atoms. The van der Waals surface area contributed by atoms with E-state index in [2.05, 4.69) is 56.8 Å². The van der Waals surface area contributed by atoms with Gasteiger partial charge >= 0.3 is 0 Å². The summed E-state index contributed by atoms with van der Waals surface area (Å²) < 4.78 is 7.25. The van der Waals surface area contributed by atoms with Crippen LogP contribution in [0.3, 0.4) is 0 Å². The van der Waals surface area contributed by atoms with E-state index in [-0.39, 0.29) is 24.0 Å². The summed E-state index contributed by atoms with van der Waals surface area (Å²) in [6.07, 6.45) is 4.69. The van der Waals surface area contributed by atoms with E-state index in [1.807, 2.05) is 16.9 Å². The quantitative estimate of drug-likeness (QED) is 0.331. The highest BCUT2D eigenvalue weighted by molar-refractivity contribution is 14.0. The van der Waals surface area contributed by atoms with E-state index >= 15 is 0 Å². The maximum atomic E-state index is 5.38. The molecule has 8 heteroatoms. The molecule has 0 aliphatic carbocycles. The molecular weight excluding hydrogens is 467 g/mol. The van der Waals surface area contributed by atoms with E-state index in [1.54, 1.807) is 6.20 Å². The summed E-state index contributed by atoms with van der Waals surface area (Å²) in [5.74, 6) is 0.888. The first-order valence-corrected chi connectivity index (χ1v) is 9.76. The largest absolute Gasteiger partial charge is 0.379 e. The first-order valence-electron chi connectivity index (χ1n) is 9.76. The van der Waals surface area contributed by atoms with Crippen LogP contribution < -0.4 is 10.6 Å². The van der Waals surface area contributed by atoms with E-state index in [9.17, 15) is 0 Å². The van der Waals surface area contributed by atoms with Gasteiger partial charge in [-0.15, -0.1) is 24.0 Å². The van der Waals surface area contributed by atoms with Crippen LogP contribution in [0.25, 0.3) is 5.69 Å². The first-order chi connectivity index (χ1) is 13.3. The summed E-state index contributed by atoms with van der Waals surface area (Å²) >= 11 is 0. The molecule has 2 heterocycles. The fourth-order valence-electron chi connectivity index (χ4n) is 3.03. The minimum absolute atomic E-state index is 0. The van der Waals surface area contributed by atoms with Gasteiger partial charge in [-0.2, -0.15) is 5.10 Å². The average Bonchev–Trinajstić information content (AvgIpc) is 3.24. The highest BCUT2D eigenvalue weighted by Crippen LogP contribution is 2.08. The molecule has 2 aromatic rings. The van der Waals surface area contributed by atoms with Gasteiger partial charge in [0.15, 0.2) is 5.96 Å². The second-order valence-electron chi connectivity index (χ2n) is 6.51. The summed E-state index contributed by atoms with van der Waals surface area (Å²) in [7, 11) is 0. The number of aliphatic imine (C=N–C) groups is 1. The monoisotopic (exact) mass is 498 g/mol. The van der Waals surface area contributed by atoms with Crippen LogP contribution >= 0.6 is 24.0 Å². The maximum absolute atomic E-state index is 5.38. The number of halogens is 1. The lowest BCUT2D eigenvalue weighted by atomic mass is 10.1. The van der Waals surface area contributed by atoms with Gasteiger partial charge in [-0.05, 0) is 37.1 Å². The standard InChI is InChI=1S/C20H30N6O.HI/c1-2-21-20(23-11-13-25-14-16-27-17-15-25)22-10-8-18-4-6-19(7-5-18)26-12-3-9-24-26;/h3-7,9,12H,2,8,10-11,13-17H2,1H3,(H2,21,22,23);1H. The molecule has 154 valence electrons. The number of hydrogen-bond acceptors (Lipinski definition) is 4. The van der Waals surface area contributed by atoms with Crippen LogP contribution in [0, 0.1) is 0 Å². The predicted molar refractivity (Wildman–Crippen MR) is 124 cm³/mol. The molecule has 1 saturated heterocycles. The van der Waals surface area contributed by atoms with Crippen molar-refractivity contribution in [2.75, 3.05) is 52.5 Å². The van der Waals surface area contributed by atoms with Crippen LogP contribution in [-0.2, 0) is 11.2 Å². The zero-order chi connectivity index (χ0) is 18.7. The number of aromatic nitrogens is 2. The molecule has 1 aromatic heterocycles. The van der Waals surface area contributed by atoms with Gasteiger partial charge in [0.1, 0.15) is 0 Å². The van der Waals surface area contributed by atoms with Crippen molar-refractivity contribution < 1.29 is 4.74 Å². The molecule has 0 unspecified atom stereocenters. The molecule has 1 aliphatic heterocycles. The van der Waals surface area contributed by atoms with Gasteiger partial charge in [0.25, 0.3) is 0 Å². The molecule has 0 spiro atoms. The molecule has 0 atom stereocenters. The molecule has 0 bridgehead atoms. The van der Waals surface area contributed by atoms with Crippen LogP contribution in [0.4, 0.5) is 0 Å². The second-order valence-corrected chi connectivity index (χ2v) is 6.51. The molecule has 7 nitrogen and oxygen atoms in total. The van der Waals surface area contributed by atoms with Gasteiger partial charge in [-0.25, -0.2) is 4.68 Å². The Morgan fingerprint density at radius 3 is 2.64 bits per heavy atom. The van der Waals surface area contributed by atoms with Crippen molar-refractivity contribution in [1.82, 2.24) is 25.3 Å². The second kappa shape index (κ2) is 12.7. The Labute approximate surface area is 184 Å². The van der Waals surface area contributed by atoms with Crippen molar-refractivity contribution in [1.29, 1.82) is 0 Å². The van der Waals surface area contributed by atoms with Crippen molar-refractivity contribution >= 4 is 29.9 Å². The Bertz CT molecular complexity index is 683. The van der Waals surface area contributed by atoms with Gasteiger partial charge < -0.3 is 15.4 Å². The Morgan fingerprint density at radius 1 is 1.18 bits per heavy atom. The SMILES string of the molecule is CCNC(=NCCN1CCOCC1)NCCc1ccc(-n2cccn2)cc1.I. The number of rotatable bonds is 8. The Balaban J connectivity index is 0.00000280. The fraction of sp³-hybridized carbons (Fsp3) is 0.500. The summed E-state index contributed by atoms with van der Waals surface area (Å²) in [5.41, 5.74) is 2.37. The lowest BCUT2D eigenvalue weighted by molar-refractivity contribution is 0.0394. The molecule has 0 radical (unpaired) electrons. The Morgan fingerprint density at radius 2 is 1.96 bits per heavy atom. The number of morpholine rings is 1. The number of nitrogens with one attached hydrogen (secondary N) is 2. The van der Waals surface area contributed by atoms with Crippen LogP contribution in [0.15, 0.2) is 47.7 Å². The number of hydrogen-bond donors (Lipinski definition) is 2. The molecular formula is C20H31IN6O. The highest BCUT2D eigenvalue weighted by Gasteiger charge is 2.09. The van der Waals surface area contributed by atoms with Crippen LogP contribution in [-0.4, -0.2) is 73.1 Å². The maximum Gasteiger partial charge on any atom is 0.191 e. The highest BCUT2D eigenvalue weighted by atomic mass is 127. The molecule has 0 amide bonds. The fourth-order valence-corrected chi connectivity index (χ4v) is 3.03. The minimum atomic E-state index is 0. The van der Waals surface area contributed by atoms with Crippen molar-refractivity contribution in [2.24, 2.45) is 4.99 Å². The van der Waals surface area contributed by atoms with E-state index in [0.717, 1.165) is 70.6 Å². The zero-order valence-corrected chi connectivity index (χ0v) is 18.8. The first kappa shape index (κ1) is 22.6. The molecule has 1 aromatic carbocycles. The van der Waals surface area contributed by atoms with E-state index < -0.39 is 0 Å². The summed E-state index contributed by atoms with van der Waals surface area (Å²) in [6, 6.07) is 10.4. The minimum Gasteiger partial charge on any atom is -0.379 e. The van der Waals surface area contributed by atoms with Crippen LogP contribution in [0.5, 0.6) is 0 Å². The lowest BCUT2D eigenvalue weighted by Gasteiger charge is -2.25. The summed E-state index contributed by atoms with van der Waals surface area (Å²) in [4.78, 5) is 7.09. The van der Waals surface area contributed by atoms with Crippen molar-refractivity contribution in [2.45, 2.75) is 13.3 Å². The molecule has 2 N–H and O–H groups in total. The zero-order valence-electron chi connectivity index (χ0n) is 16.5. The van der Waals surface area contributed by atoms with Gasteiger partial charge in [-0.3, -0.25) is 9.89 Å². The smallest absolute Gasteiger partial charge is 0.191 e. The summed E-state index contributed by atoms with van der Waals surface area (Å²) in [5, 5.41) is 11.0. The molecule has 3 rings (SSSR count). The number of guanidine groups is 1. The average molecular weight is 498 g/mol. The third-order valence-corrected chi connectivity index (χ3v) is 4.55. The molecule has 1 fully saturated rings. The normalized spacial score (nSPS) is 15.1. The van der Waals surface area contributed by atoms with Crippen LogP contribution in [0.1, 0.15) is 12.5 Å². The van der Waals surface area contributed by atoms with Gasteiger partial charge in [-0.1, -0.05) is 12.1 Å². The van der Waals surface area contributed by atoms with Crippen molar-refractivity contribution in [3.63, 3.8) is 0 Å². The Hall–Kier alpha value is -1.65. The summed E-state index contributed by atoms with van der Waals surface area (Å²) in [6.45, 7) is 9.27. The van der Waals surface area contributed by atoms with Gasteiger partial charge in [0, 0.05) is 45.1 Å². The van der Waals surface area contributed by atoms with Crippen LogP contribution in [0.2, 0.25) is 0 Å². The van der Waals surface area contributed by atoms with E-state index in [0.29, 0.717) is 0 Å². The van der Waals surface area contributed by atoms with Crippen molar-refractivity contribution in [3.8, 4) is 5.69 Å².